The molecule has 60 heavy (non-hydrogen) atoms. The van der Waals surface area contributed by atoms with Gasteiger partial charge in [-0.3, -0.25) is 4.79 Å². The predicted octanol–water partition coefficient (Wildman–Crippen LogP) is 11.5. The second kappa shape index (κ2) is 41.7. The average Bonchev–Trinajstić information content (AvgIpc) is 3.25. The largest absolute Gasteiger partial charge is 0.394 e. The van der Waals surface area contributed by atoms with Crippen molar-refractivity contribution in [2.24, 2.45) is 0 Å². The van der Waals surface area contributed by atoms with Crippen LogP contribution in [-0.2, 0) is 14.3 Å². The average molecular weight is 852 g/mol. The third-order valence-electron chi connectivity index (χ3n) is 12.3. The van der Waals surface area contributed by atoms with Gasteiger partial charge >= 0.3 is 0 Å². The number of nitrogens with one attached hydrogen (secondary N) is 1. The number of hydrogen-bond acceptors (Lipinski definition) is 8. The molecular formula is C51H97NO8. The molecule has 0 aliphatic carbocycles. The molecule has 1 saturated heterocycles. The fourth-order valence-corrected chi connectivity index (χ4v) is 8.17. The monoisotopic (exact) mass is 852 g/mol. The van der Waals surface area contributed by atoms with Crippen molar-refractivity contribution in [1.82, 2.24) is 5.32 Å². The molecule has 1 aliphatic heterocycles. The minimum Gasteiger partial charge on any atom is -0.394 e. The maximum absolute atomic E-state index is 12.9. The highest BCUT2D eigenvalue weighted by atomic mass is 16.7. The Hall–Kier alpha value is -1.33. The van der Waals surface area contributed by atoms with Crippen LogP contribution in [0.1, 0.15) is 239 Å². The number of hydrogen-bond donors (Lipinski definition) is 6. The fraction of sp³-hybridized carbons (Fsp3) is 0.902. The maximum Gasteiger partial charge on any atom is 0.220 e. The number of ether oxygens (including phenoxy) is 2. The Morgan fingerprint density at radius 1 is 0.550 bits per heavy atom. The summed E-state index contributed by atoms with van der Waals surface area (Å²) in [6, 6.07) is -0.816. The Kier molecular flexibility index (Phi) is 39.4. The SMILES string of the molecule is CCCCCCCCCCCCCCCCCCCCC/C=C/CC/C=C/C(O)C(COC1OC(CO)C(O)C(O)C1O)NC(=O)CCCCCCCCCCCCCC. The molecule has 1 heterocycles. The first-order valence-corrected chi connectivity index (χ1v) is 25.6. The third-order valence-corrected chi connectivity index (χ3v) is 12.3. The molecule has 1 aliphatic rings. The normalized spacial score (nSPS) is 20.7. The summed E-state index contributed by atoms with van der Waals surface area (Å²) in [4.78, 5) is 12.9. The molecule has 7 atom stereocenters. The zero-order chi connectivity index (χ0) is 43.7. The molecule has 354 valence electrons. The summed E-state index contributed by atoms with van der Waals surface area (Å²) in [6.45, 7) is 3.77. The van der Waals surface area contributed by atoms with E-state index in [2.05, 4.69) is 31.3 Å². The van der Waals surface area contributed by atoms with Crippen LogP contribution in [0.15, 0.2) is 24.3 Å². The fourth-order valence-electron chi connectivity index (χ4n) is 8.17. The summed E-state index contributed by atoms with van der Waals surface area (Å²) in [5.74, 6) is -0.185. The topological polar surface area (TPSA) is 149 Å². The van der Waals surface area contributed by atoms with E-state index in [-0.39, 0.29) is 12.5 Å². The Bertz CT molecular complexity index is 992. The smallest absolute Gasteiger partial charge is 0.220 e. The minimum absolute atomic E-state index is 0.185. The van der Waals surface area contributed by atoms with E-state index in [1.54, 1.807) is 6.08 Å². The van der Waals surface area contributed by atoms with Crippen molar-refractivity contribution in [3.05, 3.63) is 24.3 Å². The lowest BCUT2D eigenvalue weighted by Gasteiger charge is -2.40. The number of unbranched alkanes of at least 4 members (excludes halogenated alkanes) is 31. The molecule has 0 saturated carbocycles. The van der Waals surface area contributed by atoms with Gasteiger partial charge in [-0.2, -0.15) is 0 Å². The highest BCUT2D eigenvalue weighted by molar-refractivity contribution is 5.76. The molecule has 9 nitrogen and oxygen atoms in total. The number of aliphatic hydroxyl groups is 5. The Labute approximate surface area is 369 Å². The first-order valence-electron chi connectivity index (χ1n) is 25.6. The molecular weight excluding hydrogens is 755 g/mol. The molecule has 0 bridgehead atoms. The Morgan fingerprint density at radius 3 is 1.40 bits per heavy atom. The molecule has 9 heteroatoms. The van der Waals surface area contributed by atoms with Gasteiger partial charge in [-0.25, -0.2) is 0 Å². The Morgan fingerprint density at radius 2 is 0.950 bits per heavy atom. The van der Waals surface area contributed by atoms with Crippen LogP contribution in [0.5, 0.6) is 0 Å². The van der Waals surface area contributed by atoms with E-state index in [0.717, 1.165) is 38.5 Å². The van der Waals surface area contributed by atoms with E-state index in [9.17, 15) is 30.3 Å². The molecule has 6 N–H and O–H groups in total. The van der Waals surface area contributed by atoms with E-state index in [0.29, 0.717) is 6.42 Å². The third kappa shape index (κ3) is 31.5. The zero-order valence-electron chi connectivity index (χ0n) is 39.0. The summed E-state index contributed by atoms with van der Waals surface area (Å²) in [7, 11) is 0. The second-order valence-electron chi connectivity index (χ2n) is 18.0. The molecule has 0 spiro atoms. The van der Waals surface area contributed by atoms with Gasteiger partial charge in [0.15, 0.2) is 6.29 Å². The summed E-state index contributed by atoms with van der Waals surface area (Å²) in [5.41, 5.74) is 0. The van der Waals surface area contributed by atoms with Crippen LogP contribution in [0, 0.1) is 0 Å². The molecule has 0 aromatic carbocycles. The molecule has 0 aromatic heterocycles. The number of carbonyl (C=O) groups is 1. The highest BCUT2D eigenvalue weighted by Crippen LogP contribution is 2.23. The molecule has 7 unspecified atom stereocenters. The first kappa shape index (κ1) is 56.7. The molecule has 0 radical (unpaired) electrons. The van der Waals surface area contributed by atoms with E-state index in [1.807, 2.05) is 6.08 Å². The van der Waals surface area contributed by atoms with E-state index >= 15 is 0 Å². The summed E-state index contributed by atoms with van der Waals surface area (Å²) >= 11 is 0. The second-order valence-corrected chi connectivity index (χ2v) is 18.0. The van der Waals surface area contributed by atoms with Gasteiger partial charge in [-0.1, -0.05) is 224 Å². The van der Waals surface area contributed by atoms with Gasteiger partial charge in [0.1, 0.15) is 24.4 Å². The van der Waals surface area contributed by atoms with Crippen molar-refractivity contribution in [2.75, 3.05) is 13.2 Å². The van der Waals surface area contributed by atoms with Crippen LogP contribution in [0.2, 0.25) is 0 Å². The van der Waals surface area contributed by atoms with Crippen LogP contribution in [0.4, 0.5) is 0 Å². The quantitative estimate of drug-likeness (QED) is 0.0262. The zero-order valence-corrected chi connectivity index (χ0v) is 39.0. The number of carbonyl (C=O) groups excluding carboxylic acids is 1. The lowest BCUT2D eigenvalue weighted by molar-refractivity contribution is -0.302. The number of aliphatic hydroxyl groups excluding tert-OH is 5. The summed E-state index contributed by atoms with van der Waals surface area (Å²) < 4.78 is 11.2. The lowest BCUT2D eigenvalue weighted by atomic mass is 9.99. The van der Waals surface area contributed by atoms with Gasteiger partial charge in [0, 0.05) is 6.42 Å². The van der Waals surface area contributed by atoms with Gasteiger partial charge in [0.2, 0.25) is 5.91 Å². The first-order chi connectivity index (χ1) is 29.3. The predicted molar refractivity (Wildman–Crippen MR) is 249 cm³/mol. The van der Waals surface area contributed by atoms with Gasteiger partial charge in [-0.15, -0.1) is 0 Å². The van der Waals surface area contributed by atoms with Crippen LogP contribution < -0.4 is 5.32 Å². The van der Waals surface area contributed by atoms with Crippen molar-refractivity contribution in [2.45, 2.75) is 281 Å². The van der Waals surface area contributed by atoms with Gasteiger partial charge in [0.25, 0.3) is 0 Å². The van der Waals surface area contributed by atoms with Crippen molar-refractivity contribution >= 4 is 5.91 Å². The maximum atomic E-state index is 12.9. The molecule has 0 aromatic rings. The van der Waals surface area contributed by atoms with Gasteiger partial charge in [-0.05, 0) is 32.1 Å². The number of amides is 1. The number of rotatable bonds is 43. The van der Waals surface area contributed by atoms with Crippen LogP contribution >= 0.6 is 0 Å². The van der Waals surface area contributed by atoms with Gasteiger partial charge in [0.05, 0.1) is 25.4 Å². The lowest BCUT2D eigenvalue weighted by Crippen LogP contribution is -2.60. The summed E-state index contributed by atoms with van der Waals surface area (Å²) in [5, 5.41) is 54.2. The van der Waals surface area contributed by atoms with E-state index < -0.39 is 49.5 Å². The molecule has 1 rings (SSSR count). The van der Waals surface area contributed by atoms with Crippen molar-refractivity contribution < 1.29 is 39.8 Å². The summed E-state index contributed by atoms with van der Waals surface area (Å²) in [6.07, 6.45) is 43.9. The highest BCUT2D eigenvalue weighted by Gasteiger charge is 2.44. The Balaban J connectivity index is 2.27. The standard InChI is InChI=1S/C51H97NO8/c1-3-5-7-9-11-13-15-17-18-19-20-21-22-23-24-25-26-27-28-29-30-32-34-36-38-40-45(54)44(43-59-51-50(58)49(57)48(56)46(42-53)60-51)52-47(55)41-39-37-35-33-31-16-14-12-10-8-6-4-2/h30,32,38,40,44-46,48-51,53-54,56-58H,3-29,31,33-37,39,41-43H2,1-2H3,(H,52,55)/b32-30+,40-38+. The van der Waals surface area contributed by atoms with E-state index in [4.69, 9.17) is 9.47 Å². The van der Waals surface area contributed by atoms with Crippen molar-refractivity contribution in [1.29, 1.82) is 0 Å². The molecule has 1 amide bonds. The minimum atomic E-state index is -1.57. The molecule has 1 fully saturated rings. The van der Waals surface area contributed by atoms with Crippen LogP contribution in [0.3, 0.4) is 0 Å². The van der Waals surface area contributed by atoms with Gasteiger partial charge < -0.3 is 40.3 Å². The van der Waals surface area contributed by atoms with Crippen LogP contribution in [0.25, 0.3) is 0 Å². The van der Waals surface area contributed by atoms with E-state index in [1.165, 1.54) is 180 Å². The number of allylic oxidation sites excluding steroid dienone is 3. The van der Waals surface area contributed by atoms with Crippen LogP contribution in [-0.4, -0.2) is 87.5 Å². The van der Waals surface area contributed by atoms with Crippen molar-refractivity contribution in [3.8, 4) is 0 Å². The van der Waals surface area contributed by atoms with Crippen molar-refractivity contribution in [3.63, 3.8) is 0 Å².